The molecule has 0 fully saturated rings. The van der Waals surface area contributed by atoms with Crippen molar-refractivity contribution in [2.24, 2.45) is 0 Å². The zero-order chi connectivity index (χ0) is 24.7. The molecule has 1 heterocycles. The third kappa shape index (κ3) is 4.12. The highest BCUT2D eigenvalue weighted by atomic mass is 15.0. The van der Waals surface area contributed by atoms with Crippen LogP contribution in [0.2, 0.25) is 0 Å². The van der Waals surface area contributed by atoms with Crippen LogP contribution in [0.1, 0.15) is 37.5 Å². The summed E-state index contributed by atoms with van der Waals surface area (Å²) in [5.74, 6) is 0. The standard InChI is InChI=1S/C35H31N/c1-35(2,3)29-20-15-26(16-21-29)23-25-13-17-27(18-14-25)28-19-22-34-32(24-28)31-11-7-8-12-33(31)36(34)30-9-5-4-6-10-30/h4-22,24H,23H2,1-3H3. The summed E-state index contributed by atoms with van der Waals surface area (Å²) in [6, 6.07) is 44.3. The number of aromatic nitrogens is 1. The van der Waals surface area contributed by atoms with Crippen LogP contribution < -0.4 is 0 Å². The number of para-hydroxylation sites is 2. The highest BCUT2D eigenvalue weighted by molar-refractivity contribution is 6.10. The molecule has 0 aliphatic carbocycles. The smallest absolute Gasteiger partial charge is 0.0541 e. The fourth-order valence-corrected chi connectivity index (χ4v) is 5.18. The quantitative estimate of drug-likeness (QED) is 0.244. The summed E-state index contributed by atoms with van der Waals surface area (Å²) < 4.78 is 2.36. The molecule has 1 heteroatoms. The van der Waals surface area contributed by atoms with Crippen LogP contribution >= 0.6 is 0 Å². The van der Waals surface area contributed by atoms with Crippen molar-refractivity contribution in [2.45, 2.75) is 32.6 Å². The van der Waals surface area contributed by atoms with Gasteiger partial charge in [-0.3, -0.25) is 0 Å². The zero-order valence-electron chi connectivity index (χ0n) is 21.2. The van der Waals surface area contributed by atoms with E-state index in [1.807, 2.05) is 0 Å². The molecular weight excluding hydrogens is 434 g/mol. The maximum atomic E-state index is 2.36. The molecule has 0 aliphatic rings. The van der Waals surface area contributed by atoms with Gasteiger partial charge in [-0.05, 0) is 70.0 Å². The molecule has 0 bridgehead atoms. The SMILES string of the molecule is CC(C)(C)c1ccc(Cc2ccc(-c3ccc4c(c3)c3ccccc3n4-c3ccccc3)cc2)cc1. The van der Waals surface area contributed by atoms with Crippen molar-refractivity contribution in [3.8, 4) is 16.8 Å². The van der Waals surface area contributed by atoms with Gasteiger partial charge >= 0.3 is 0 Å². The minimum absolute atomic E-state index is 0.189. The molecule has 1 aromatic heterocycles. The van der Waals surface area contributed by atoms with E-state index < -0.39 is 0 Å². The third-order valence-corrected chi connectivity index (χ3v) is 7.20. The zero-order valence-corrected chi connectivity index (χ0v) is 21.2. The Morgan fingerprint density at radius 1 is 0.528 bits per heavy atom. The number of nitrogens with zero attached hydrogens (tertiary/aromatic N) is 1. The predicted octanol–water partition coefficient (Wildman–Crippen LogP) is 9.34. The lowest BCUT2D eigenvalue weighted by Crippen LogP contribution is -2.10. The first kappa shape index (κ1) is 22.4. The lowest BCUT2D eigenvalue weighted by molar-refractivity contribution is 0.590. The molecule has 5 aromatic carbocycles. The van der Waals surface area contributed by atoms with Gasteiger partial charge in [-0.15, -0.1) is 0 Å². The Morgan fingerprint density at radius 3 is 1.81 bits per heavy atom. The van der Waals surface area contributed by atoms with Crippen molar-refractivity contribution in [1.29, 1.82) is 0 Å². The fraction of sp³-hybridized carbons (Fsp3) is 0.143. The van der Waals surface area contributed by atoms with Crippen molar-refractivity contribution >= 4 is 21.8 Å². The number of benzene rings is 5. The van der Waals surface area contributed by atoms with E-state index in [1.54, 1.807) is 0 Å². The summed E-state index contributed by atoms with van der Waals surface area (Å²) in [5.41, 5.74) is 10.4. The summed E-state index contributed by atoms with van der Waals surface area (Å²) in [6.45, 7) is 6.78. The predicted molar refractivity (Wildman–Crippen MR) is 154 cm³/mol. The van der Waals surface area contributed by atoms with E-state index in [2.05, 4.69) is 147 Å². The van der Waals surface area contributed by atoms with Crippen molar-refractivity contribution in [3.05, 3.63) is 138 Å². The number of hydrogen-bond acceptors (Lipinski definition) is 0. The highest BCUT2D eigenvalue weighted by Gasteiger charge is 2.14. The third-order valence-electron chi connectivity index (χ3n) is 7.20. The molecule has 0 unspecified atom stereocenters. The van der Waals surface area contributed by atoms with Gasteiger partial charge in [-0.1, -0.05) is 112 Å². The second-order valence-electron chi connectivity index (χ2n) is 10.7. The van der Waals surface area contributed by atoms with Gasteiger partial charge in [0.1, 0.15) is 0 Å². The average molecular weight is 466 g/mol. The Labute approximate surface area is 213 Å². The monoisotopic (exact) mass is 465 g/mol. The van der Waals surface area contributed by atoms with E-state index in [9.17, 15) is 0 Å². The highest BCUT2D eigenvalue weighted by Crippen LogP contribution is 2.35. The van der Waals surface area contributed by atoms with Crippen molar-refractivity contribution in [2.75, 3.05) is 0 Å². The second kappa shape index (κ2) is 8.84. The lowest BCUT2D eigenvalue weighted by atomic mass is 9.86. The summed E-state index contributed by atoms with van der Waals surface area (Å²) in [7, 11) is 0. The maximum absolute atomic E-state index is 2.36. The van der Waals surface area contributed by atoms with Crippen molar-refractivity contribution in [1.82, 2.24) is 4.57 Å². The Kier molecular flexibility index (Phi) is 5.49. The molecule has 6 aromatic rings. The average Bonchev–Trinajstić information content (AvgIpc) is 3.23. The first-order valence-electron chi connectivity index (χ1n) is 12.7. The molecule has 6 rings (SSSR count). The summed E-state index contributed by atoms with van der Waals surface area (Å²) in [4.78, 5) is 0. The molecule has 36 heavy (non-hydrogen) atoms. The van der Waals surface area contributed by atoms with E-state index in [4.69, 9.17) is 0 Å². The molecule has 176 valence electrons. The van der Waals surface area contributed by atoms with Gasteiger partial charge in [-0.2, -0.15) is 0 Å². The second-order valence-corrected chi connectivity index (χ2v) is 10.7. The van der Waals surface area contributed by atoms with E-state index >= 15 is 0 Å². The first-order chi connectivity index (χ1) is 17.5. The van der Waals surface area contributed by atoms with Crippen LogP contribution in [0.3, 0.4) is 0 Å². The number of rotatable bonds is 4. The molecule has 0 aliphatic heterocycles. The summed E-state index contributed by atoms with van der Waals surface area (Å²) in [6.07, 6.45) is 0.953. The van der Waals surface area contributed by atoms with E-state index in [0.717, 1.165) is 6.42 Å². The minimum atomic E-state index is 0.189. The van der Waals surface area contributed by atoms with Crippen molar-refractivity contribution in [3.63, 3.8) is 0 Å². The number of fused-ring (bicyclic) bond motifs is 3. The van der Waals surface area contributed by atoms with Crippen LogP contribution in [0.15, 0.2) is 121 Å². The lowest BCUT2D eigenvalue weighted by Gasteiger charge is -2.19. The van der Waals surface area contributed by atoms with Gasteiger partial charge in [0.15, 0.2) is 0 Å². The van der Waals surface area contributed by atoms with Gasteiger partial charge in [0.2, 0.25) is 0 Å². The van der Waals surface area contributed by atoms with Crippen molar-refractivity contribution < 1.29 is 0 Å². The van der Waals surface area contributed by atoms with Gasteiger partial charge in [0, 0.05) is 16.5 Å². The van der Waals surface area contributed by atoms with Crippen LogP contribution in [0.25, 0.3) is 38.6 Å². The molecule has 0 N–H and O–H groups in total. The van der Waals surface area contributed by atoms with E-state index in [0.29, 0.717) is 0 Å². The summed E-state index contributed by atoms with van der Waals surface area (Å²) >= 11 is 0. The molecule has 1 nitrogen and oxygen atoms in total. The Bertz CT molecular complexity index is 1650. The first-order valence-corrected chi connectivity index (χ1v) is 12.7. The van der Waals surface area contributed by atoms with E-state index in [1.165, 1.54) is 55.3 Å². The molecule has 0 spiro atoms. The van der Waals surface area contributed by atoms with E-state index in [-0.39, 0.29) is 5.41 Å². The van der Waals surface area contributed by atoms with Crippen LogP contribution in [0.4, 0.5) is 0 Å². The molecule has 0 radical (unpaired) electrons. The van der Waals surface area contributed by atoms with Gasteiger partial charge in [-0.25, -0.2) is 0 Å². The van der Waals surface area contributed by atoms with Crippen LogP contribution in [-0.2, 0) is 11.8 Å². The summed E-state index contributed by atoms with van der Waals surface area (Å²) in [5, 5.41) is 2.57. The molecule has 0 amide bonds. The maximum Gasteiger partial charge on any atom is 0.0541 e. The minimum Gasteiger partial charge on any atom is -0.309 e. The Balaban J connectivity index is 1.33. The topological polar surface area (TPSA) is 4.93 Å². The molecular formula is C35H31N. The van der Waals surface area contributed by atoms with Gasteiger partial charge in [0.25, 0.3) is 0 Å². The molecule has 0 saturated heterocycles. The van der Waals surface area contributed by atoms with Gasteiger partial charge < -0.3 is 4.57 Å². The van der Waals surface area contributed by atoms with Gasteiger partial charge in [0.05, 0.1) is 11.0 Å². The Morgan fingerprint density at radius 2 is 1.11 bits per heavy atom. The van der Waals surface area contributed by atoms with Crippen LogP contribution in [0.5, 0.6) is 0 Å². The molecule has 0 saturated carbocycles. The molecule has 0 atom stereocenters. The van der Waals surface area contributed by atoms with Crippen LogP contribution in [0, 0.1) is 0 Å². The Hall–Kier alpha value is -4.10. The fourth-order valence-electron chi connectivity index (χ4n) is 5.18. The van der Waals surface area contributed by atoms with Crippen LogP contribution in [-0.4, -0.2) is 4.57 Å². The number of hydrogen-bond donors (Lipinski definition) is 0. The normalized spacial score (nSPS) is 11.9. The largest absolute Gasteiger partial charge is 0.309 e.